The summed E-state index contributed by atoms with van der Waals surface area (Å²) in [7, 11) is 1.64. The second kappa shape index (κ2) is 5.78. The Balaban J connectivity index is 2.68. The van der Waals surface area contributed by atoms with Gasteiger partial charge < -0.3 is 10.5 Å². The first-order valence-electron chi connectivity index (χ1n) is 4.29. The molecular formula is C10H13BrN2O. The lowest BCUT2D eigenvalue weighted by molar-refractivity contribution is 0.208. The van der Waals surface area contributed by atoms with Gasteiger partial charge in [0.2, 0.25) is 0 Å². The summed E-state index contributed by atoms with van der Waals surface area (Å²) in [5.74, 6) is 0.545. The Morgan fingerprint density at radius 2 is 2.36 bits per heavy atom. The van der Waals surface area contributed by atoms with Gasteiger partial charge in [-0.05, 0) is 12.1 Å². The van der Waals surface area contributed by atoms with Crippen LogP contribution >= 0.6 is 15.9 Å². The summed E-state index contributed by atoms with van der Waals surface area (Å²) >= 11 is 3.38. The van der Waals surface area contributed by atoms with Crippen molar-refractivity contribution in [2.45, 2.75) is 0 Å². The molecule has 4 heteroatoms. The summed E-state index contributed by atoms with van der Waals surface area (Å²) < 4.78 is 5.88. The smallest absolute Gasteiger partial charge is 0.125 e. The first kappa shape index (κ1) is 11.2. The molecular weight excluding hydrogens is 244 g/mol. The van der Waals surface area contributed by atoms with Gasteiger partial charge in [0.25, 0.3) is 0 Å². The molecule has 1 rings (SSSR count). The molecule has 0 radical (unpaired) electrons. The number of hydrogen-bond donors (Lipinski definition) is 1. The van der Waals surface area contributed by atoms with E-state index >= 15 is 0 Å². The maximum Gasteiger partial charge on any atom is 0.125 e. The Labute approximate surface area is 92.1 Å². The summed E-state index contributed by atoms with van der Waals surface area (Å²) in [5.41, 5.74) is 6.70. The highest BCUT2D eigenvalue weighted by molar-refractivity contribution is 9.10. The SMILES string of the molecule is COCCN=C(N)c1cccc(Br)c1. The molecule has 0 heterocycles. The second-order valence-corrected chi connectivity index (χ2v) is 3.69. The zero-order valence-corrected chi connectivity index (χ0v) is 9.62. The summed E-state index contributed by atoms with van der Waals surface area (Å²) in [6.45, 7) is 1.18. The van der Waals surface area contributed by atoms with E-state index in [4.69, 9.17) is 10.5 Å². The van der Waals surface area contributed by atoms with Crippen LogP contribution in [0, 0.1) is 0 Å². The first-order chi connectivity index (χ1) is 6.74. The third-order valence-corrected chi connectivity index (χ3v) is 2.19. The number of ether oxygens (including phenoxy) is 1. The number of nitrogens with zero attached hydrogens (tertiary/aromatic N) is 1. The number of hydrogen-bond acceptors (Lipinski definition) is 2. The fourth-order valence-corrected chi connectivity index (χ4v) is 1.40. The maximum absolute atomic E-state index is 5.78. The Morgan fingerprint density at radius 3 is 3.00 bits per heavy atom. The highest BCUT2D eigenvalue weighted by Crippen LogP contribution is 2.11. The fraction of sp³-hybridized carbons (Fsp3) is 0.300. The molecule has 0 spiro atoms. The van der Waals surface area contributed by atoms with Gasteiger partial charge in [-0.25, -0.2) is 0 Å². The Morgan fingerprint density at radius 1 is 1.57 bits per heavy atom. The van der Waals surface area contributed by atoms with Crippen molar-refractivity contribution in [1.82, 2.24) is 0 Å². The molecule has 0 aromatic heterocycles. The van der Waals surface area contributed by atoms with Gasteiger partial charge in [-0.3, -0.25) is 4.99 Å². The van der Waals surface area contributed by atoms with Crippen LogP contribution in [0.1, 0.15) is 5.56 Å². The summed E-state index contributed by atoms with van der Waals surface area (Å²) in [4.78, 5) is 4.17. The topological polar surface area (TPSA) is 47.6 Å². The average Bonchev–Trinajstić information content (AvgIpc) is 2.18. The van der Waals surface area contributed by atoms with Crippen LogP contribution < -0.4 is 5.73 Å². The third-order valence-electron chi connectivity index (χ3n) is 1.70. The molecule has 76 valence electrons. The van der Waals surface area contributed by atoms with Gasteiger partial charge >= 0.3 is 0 Å². The van der Waals surface area contributed by atoms with Crippen LogP contribution in [0.15, 0.2) is 33.7 Å². The minimum Gasteiger partial charge on any atom is -0.384 e. The van der Waals surface area contributed by atoms with E-state index in [2.05, 4.69) is 20.9 Å². The number of benzene rings is 1. The van der Waals surface area contributed by atoms with E-state index in [9.17, 15) is 0 Å². The van der Waals surface area contributed by atoms with Crippen molar-refractivity contribution in [3.63, 3.8) is 0 Å². The van der Waals surface area contributed by atoms with Gasteiger partial charge in [-0.2, -0.15) is 0 Å². The van der Waals surface area contributed by atoms with Gasteiger partial charge in [0.05, 0.1) is 13.2 Å². The minimum atomic E-state index is 0.545. The monoisotopic (exact) mass is 256 g/mol. The number of aliphatic imine (C=N–C) groups is 1. The summed E-state index contributed by atoms with van der Waals surface area (Å²) in [5, 5.41) is 0. The van der Waals surface area contributed by atoms with Crippen LogP contribution in [-0.4, -0.2) is 26.1 Å². The van der Waals surface area contributed by atoms with Gasteiger partial charge in [-0.1, -0.05) is 28.1 Å². The molecule has 1 aromatic carbocycles. The van der Waals surface area contributed by atoms with Crippen molar-refractivity contribution in [2.24, 2.45) is 10.7 Å². The Kier molecular flexibility index (Phi) is 4.62. The molecule has 2 N–H and O–H groups in total. The van der Waals surface area contributed by atoms with E-state index in [1.54, 1.807) is 7.11 Å². The standard InChI is InChI=1S/C10H13BrN2O/c1-14-6-5-13-10(12)8-3-2-4-9(11)7-8/h2-4,7H,5-6H2,1H3,(H2,12,13). The lowest BCUT2D eigenvalue weighted by atomic mass is 10.2. The Hall–Kier alpha value is -0.870. The predicted molar refractivity (Wildman–Crippen MR) is 61.6 cm³/mol. The lowest BCUT2D eigenvalue weighted by Crippen LogP contribution is -2.14. The molecule has 0 saturated heterocycles. The zero-order chi connectivity index (χ0) is 10.4. The van der Waals surface area contributed by atoms with E-state index in [0.717, 1.165) is 10.0 Å². The van der Waals surface area contributed by atoms with E-state index in [1.165, 1.54) is 0 Å². The number of amidine groups is 1. The van der Waals surface area contributed by atoms with Crippen molar-refractivity contribution in [3.05, 3.63) is 34.3 Å². The summed E-state index contributed by atoms with van der Waals surface area (Å²) in [6.07, 6.45) is 0. The largest absolute Gasteiger partial charge is 0.384 e. The van der Waals surface area contributed by atoms with Crippen LogP contribution in [0.5, 0.6) is 0 Å². The van der Waals surface area contributed by atoms with Gasteiger partial charge in [0.1, 0.15) is 5.84 Å². The van der Waals surface area contributed by atoms with Crippen molar-refractivity contribution in [2.75, 3.05) is 20.3 Å². The Bertz CT molecular complexity index is 326. The van der Waals surface area contributed by atoms with E-state index in [-0.39, 0.29) is 0 Å². The molecule has 0 aliphatic heterocycles. The molecule has 0 fully saturated rings. The third kappa shape index (κ3) is 3.47. The van der Waals surface area contributed by atoms with E-state index in [0.29, 0.717) is 19.0 Å². The van der Waals surface area contributed by atoms with Crippen molar-refractivity contribution < 1.29 is 4.74 Å². The average molecular weight is 257 g/mol. The predicted octanol–water partition coefficient (Wildman–Crippen LogP) is 1.80. The van der Waals surface area contributed by atoms with Gasteiger partial charge in [-0.15, -0.1) is 0 Å². The van der Waals surface area contributed by atoms with Gasteiger partial charge in [0, 0.05) is 17.1 Å². The van der Waals surface area contributed by atoms with E-state index < -0.39 is 0 Å². The molecule has 0 unspecified atom stereocenters. The number of nitrogens with two attached hydrogens (primary N) is 1. The van der Waals surface area contributed by atoms with Crippen LogP contribution in [0.25, 0.3) is 0 Å². The minimum absolute atomic E-state index is 0.545. The first-order valence-corrected chi connectivity index (χ1v) is 5.08. The fourth-order valence-electron chi connectivity index (χ4n) is 0.996. The molecule has 14 heavy (non-hydrogen) atoms. The molecule has 0 atom stereocenters. The number of rotatable bonds is 4. The molecule has 3 nitrogen and oxygen atoms in total. The molecule has 0 aliphatic carbocycles. The molecule has 0 amide bonds. The van der Waals surface area contributed by atoms with Crippen molar-refractivity contribution >= 4 is 21.8 Å². The van der Waals surface area contributed by atoms with Crippen LogP contribution in [0.2, 0.25) is 0 Å². The van der Waals surface area contributed by atoms with Crippen molar-refractivity contribution in [3.8, 4) is 0 Å². The lowest BCUT2D eigenvalue weighted by Gasteiger charge is -2.01. The molecule has 0 aliphatic rings. The second-order valence-electron chi connectivity index (χ2n) is 2.77. The van der Waals surface area contributed by atoms with E-state index in [1.807, 2.05) is 24.3 Å². The zero-order valence-electron chi connectivity index (χ0n) is 8.03. The van der Waals surface area contributed by atoms with Crippen LogP contribution in [0.4, 0.5) is 0 Å². The quantitative estimate of drug-likeness (QED) is 0.508. The number of methoxy groups -OCH3 is 1. The van der Waals surface area contributed by atoms with Crippen LogP contribution in [-0.2, 0) is 4.74 Å². The van der Waals surface area contributed by atoms with Crippen molar-refractivity contribution in [1.29, 1.82) is 0 Å². The highest BCUT2D eigenvalue weighted by atomic mass is 79.9. The maximum atomic E-state index is 5.78. The highest BCUT2D eigenvalue weighted by Gasteiger charge is 1.97. The number of halogens is 1. The van der Waals surface area contributed by atoms with Crippen LogP contribution in [0.3, 0.4) is 0 Å². The van der Waals surface area contributed by atoms with Gasteiger partial charge in [0.15, 0.2) is 0 Å². The normalized spacial score (nSPS) is 11.7. The molecule has 0 bridgehead atoms. The summed E-state index contributed by atoms with van der Waals surface area (Å²) in [6, 6.07) is 7.74. The molecule has 1 aromatic rings. The molecule has 0 saturated carbocycles.